The van der Waals surface area contributed by atoms with Gasteiger partial charge < -0.3 is 10.4 Å². The van der Waals surface area contributed by atoms with Gasteiger partial charge in [0.1, 0.15) is 5.00 Å². The highest BCUT2D eigenvalue weighted by Gasteiger charge is 2.26. The maximum atomic E-state index is 12.1. The lowest BCUT2D eigenvalue weighted by Crippen LogP contribution is -2.28. The normalized spacial score (nSPS) is 13.8. The van der Waals surface area contributed by atoms with Crippen LogP contribution in [0.1, 0.15) is 31.5 Å². The Hall–Kier alpha value is -1.72. The summed E-state index contributed by atoms with van der Waals surface area (Å²) in [6, 6.07) is 9.21. The number of aryl methyl sites for hydroxylation is 1. The van der Waals surface area contributed by atoms with Gasteiger partial charge >= 0.3 is 0 Å². The molecule has 2 aromatic rings. The van der Waals surface area contributed by atoms with Crippen molar-refractivity contribution in [3.05, 3.63) is 47.1 Å². The van der Waals surface area contributed by atoms with Crippen molar-refractivity contribution in [1.29, 1.82) is 0 Å². The number of anilines is 1. The van der Waals surface area contributed by atoms with Gasteiger partial charge in [0.05, 0.1) is 23.2 Å². The standard InChI is InChI=1S/C15H18N2O2S/c1-3-12-14(20-10-16-12)17-13(18)9-15(2,19)11-7-5-4-6-8-11/h4-8,10,19H,3,9H2,1-2H3,(H,17,18). The number of aromatic nitrogens is 1. The number of rotatable bonds is 5. The van der Waals surface area contributed by atoms with Gasteiger partial charge in [-0.3, -0.25) is 4.79 Å². The van der Waals surface area contributed by atoms with Crippen molar-refractivity contribution in [3.63, 3.8) is 0 Å². The third kappa shape index (κ3) is 3.43. The third-order valence-corrected chi connectivity index (χ3v) is 3.91. The molecule has 0 aliphatic rings. The number of amides is 1. The maximum absolute atomic E-state index is 12.1. The molecule has 106 valence electrons. The Bertz CT molecular complexity index is 579. The van der Waals surface area contributed by atoms with E-state index in [0.29, 0.717) is 0 Å². The number of thiazole rings is 1. The number of aliphatic hydroxyl groups is 1. The molecule has 2 rings (SSSR count). The fourth-order valence-corrected chi connectivity index (χ4v) is 2.80. The molecule has 1 aromatic carbocycles. The van der Waals surface area contributed by atoms with Crippen molar-refractivity contribution in [2.45, 2.75) is 32.3 Å². The van der Waals surface area contributed by atoms with Crippen LogP contribution in [0.4, 0.5) is 5.00 Å². The van der Waals surface area contributed by atoms with E-state index in [1.807, 2.05) is 37.3 Å². The average molecular weight is 290 g/mol. The molecule has 0 radical (unpaired) electrons. The van der Waals surface area contributed by atoms with Gasteiger partial charge in [-0.25, -0.2) is 4.98 Å². The molecule has 0 aliphatic carbocycles. The molecule has 0 bridgehead atoms. The minimum atomic E-state index is -1.18. The van der Waals surface area contributed by atoms with Gasteiger partial charge in [0.25, 0.3) is 0 Å². The zero-order chi connectivity index (χ0) is 14.6. The smallest absolute Gasteiger partial charge is 0.228 e. The number of hydrogen-bond acceptors (Lipinski definition) is 4. The Labute approximate surface area is 122 Å². The number of nitrogens with zero attached hydrogens (tertiary/aromatic N) is 1. The van der Waals surface area contributed by atoms with Gasteiger partial charge in [0.2, 0.25) is 5.91 Å². The van der Waals surface area contributed by atoms with Crippen molar-refractivity contribution in [1.82, 2.24) is 4.98 Å². The van der Waals surface area contributed by atoms with E-state index in [0.717, 1.165) is 22.7 Å². The summed E-state index contributed by atoms with van der Waals surface area (Å²) in [6.45, 7) is 3.64. The van der Waals surface area contributed by atoms with Crippen LogP contribution in [-0.4, -0.2) is 16.0 Å². The van der Waals surface area contributed by atoms with Crippen LogP contribution in [0, 0.1) is 0 Å². The first-order valence-corrected chi connectivity index (χ1v) is 7.41. The van der Waals surface area contributed by atoms with Crippen LogP contribution in [0.5, 0.6) is 0 Å². The molecule has 0 saturated heterocycles. The van der Waals surface area contributed by atoms with Gasteiger partial charge in [0.15, 0.2) is 0 Å². The number of nitrogens with one attached hydrogen (secondary N) is 1. The van der Waals surface area contributed by atoms with Gasteiger partial charge in [-0.05, 0) is 18.9 Å². The average Bonchev–Trinajstić information content (AvgIpc) is 2.86. The van der Waals surface area contributed by atoms with Crippen molar-refractivity contribution in [2.24, 2.45) is 0 Å². The number of carbonyl (C=O) groups excluding carboxylic acids is 1. The van der Waals surface area contributed by atoms with E-state index in [2.05, 4.69) is 10.3 Å². The molecular weight excluding hydrogens is 272 g/mol. The molecule has 0 aliphatic heterocycles. The summed E-state index contributed by atoms with van der Waals surface area (Å²) in [5.41, 5.74) is 2.14. The summed E-state index contributed by atoms with van der Waals surface area (Å²) in [7, 11) is 0. The van der Waals surface area contributed by atoms with Crippen LogP contribution in [0.15, 0.2) is 35.8 Å². The number of hydrogen-bond donors (Lipinski definition) is 2. The first kappa shape index (κ1) is 14.7. The monoisotopic (exact) mass is 290 g/mol. The number of benzene rings is 1. The molecule has 0 saturated carbocycles. The molecule has 1 unspecified atom stereocenters. The summed E-state index contributed by atoms with van der Waals surface area (Å²) in [5, 5.41) is 14.0. The SMILES string of the molecule is CCc1ncsc1NC(=O)CC(C)(O)c1ccccc1. The minimum Gasteiger partial charge on any atom is -0.385 e. The molecule has 20 heavy (non-hydrogen) atoms. The lowest BCUT2D eigenvalue weighted by molar-refractivity contribution is -0.120. The lowest BCUT2D eigenvalue weighted by atomic mass is 9.92. The van der Waals surface area contributed by atoms with E-state index in [1.54, 1.807) is 12.4 Å². The fourth-order valence-electron chi connectivity index (χ4n) is 2.01. The quantitative estimate of drug-likeness (QED) is 0.890. The predicted octanol–water partition coefficient (Wildman–Crippen LogP) is 2.94. The lowest BCUT2D eigenvalue weighted by Gasteiger charge is -2.23. The van der Waals surface area contributed by atoms with Gasteiger partial charge in [-0.15, -0.1) is 11.3 Å². The van der Waals surface area contributed by atoms with Crippen molar-refractivity contribution < 1.29 is 9.90 Å². The Morgan fingerprint density at radius 1 is 1.40 bits per heavy atom. The Balaban J connectivity index is 2.04. The molecule has 1 atom stereocenters. The Morgan fingerprint density at radius 3 is 2.75 bits per heavy atom. The summed E-state index contributed by atoms with van der Waals surface area (Å²) < 4.78 is 0. The summed E-state index contributed by atoms with van der Waals surface area (Å²) >= 11 is 1.40. The molecule has 2 N–H and O–H groups in total. The van der Waals surface area contributed by atoms with Crippen LogP contribution in [-0.2, 0) is 16.8 Å². The second-order valence-electron chi connectivity index (χ2n) is 4.85. The van der Waals surface area contributed by atoms with E-state index in [9.17, 15) is 9.90 Å². The van der Waals surface area contributed by atoms with Crippen LogP contribution < -0.4 is 5.32 Å². The summed E-state index contributed by atoms with van der Waals surface area (Å²) in [5.74, 6) is -0.210. The highest BCUT2D eigenvalue weighted by atomic mass is 32.1. The van der Waals surface area contributed by atoms with E-state index in [1.165, 1.54) is 11.3 Å². The first-order valence-electron chi connectivity index (χ1n) is 6.53. The highest BCUT2D eigenvalue weighted by molar-refractivity contribution is 7.14. The summed E-state index contributed by atoms with van der Waals surface area (Å²) in [4.78, 5) is 16.3. The molecule has 0 spiro atoms. The van der Waals surface area contributed by atoms with Crippen molar-refractivity contribution in [3.8, 4) is 0 Å². The third-order valence-electron chi connectivity index (χ3n) is 3.13. The zero-order valence-corrected chi connectivity index (χ0v) is 12.4. The molecule has 1 aromatic heterocycles. The molecule has 1 amide bonds. The van der Waals surface area contributed by atoms with Gasteiger partial charge in [0, 0.05) is 0 Å². The van der Waals surface area contributed by atoms with E-state index < -0.39 is 5.60 Å². The Kier molecular flexibility index (Phi) is 4.52. The van der Waals surface area contributed by atoms with Crippen molar-refractivity contribution in [2.75, 3.05) is 5.32 Å². The van der Waals surface area contributed by atoms with Crippen molar-refractivity contribution >= 4 is 22.2 Å². The van der Waals surface area contributed by atoms with Gasteiger partial charge in [-0.2, -0.15) is 0 Å². The van der Waals surface area contributed by atoms with Crippen LogP contribution >= 0.6 is 11.3 Å². The van der Waals surface area contributed by atoms with Crippen LogP contribution in [0.25, 0.3) is 0 Å². The van der Waals surface area contributed by atoms with Crippen LogP contribution in [0.3, 0.4) is 0 Å². The van der Waals surface area contributed by atoms with E-state index in [-0.39, 0.29) is 12.3 Å². The maximum Gasteiger partial charge on any atom is 0.228 e. The Morgan fingerprint density at radius 2 is 2.10 bits per heavy atom. The largest absolute Gasteiger partial charge is 0.385 e. The predicted molar refractivity (Wildman–Crippen MR) is 80.8 cm³/mol. The second kappa shape index (κ2) is 6.15. The number of carbonyl (C=O) groups is 1. The molecular formula is C15H18N2O2S. The van der Waals surface area contributed by atoms with Gasteiger partial charge in [-0.1, -0.05) is 37.3 Å². The fraction of sp³-hybridized carbons (Fsp3) is 0.333. The molecule has 5 heteroatoms. The minimum absolute atomic E-state index is 0.0120. The second-order valence-corrected chi connectivity index (χ2v) is 5.70. The van der Waals surface area contributed by atoms with E-state index >= 15 is 0 Å². The first-order chi connectivity index (χ1) is 9.53. The highest BCUT2D eigenvalue weighted by Crippen LogP contribution is 2.26. The molecule has 0 fully saturated rings. The molecule has 1 heterocycles. The summed E-state index contributed by atoms with van der Waals surface area (Å²) in [6.07, 6.45) is 0.784. The zero-order valence-electron chi connectivity index (χ0n) is 11.6. The van der Waals surface area contributed by atoms with Crippen LogP contribution in [0.2, 0.25) is 0 Å². The topological polar surface area (TPSA) is 62.2 Å². The molecule has 4 nitrogen and oxygen atoms in total. The van der Waals surface area contributed by atoms with E-state index in [4.69, 9.17) is 0 Å².